The second kappa shape index (κ2) is 49.8. The van der Waals surface area contributed by atoms with Crippen LogP contribution in [0, 0.1) is 0 Å². The highest BCUT2D eigenvalue weighted by Crippen LogP contribution is 2.18. The number of rotatable bonds is 48. The molecule has 6 nitrogen and oxygen atoms in total. The summed E-state index contributed by atoms with van der Waals surface area (Å²) < 4.78 is 5.90. The number of ether oxygens (including phenoxy) is 1. The van der Waals surface area contributed by atoms with Gasteiger partial charge < -0.3 is 20.3 Å². The van der Waals surface area contributed by atoms with Crippen LogP contribution in [-0.4, -0.2) is 46.9 Å². The zero-order valence-electron chi connectivity index (χ0n) is 41.3. The van der Waals surface area contributed by atoms with Crippen molar-refractivity contribution in [2.24, 2.45) is 0 Å². The first-order valence-electron chi connectivity index (χ1n) is 26.9. The Balaban J connectivity index is 4.45. The second-order valence-corrected chi connectivity index (χ2v) is 18.3. The number of hydrogen-bond donors (Lipinski definition) is 3. The third-order valence-corrected chi connectivity index (χ3v) is 12.1. The molecule has 0 saturated heterocycles. The highest BCUT2D eigenvalue weighted by Gasteiger charge is 2.24. The number of aliphatic hydroxyl groups is 2. The van der Waals surface area contributed by atoms with Crippen LogP contribution < -0.4 is 5.32 Å². The van der Waals surface area contributed by atoms with Gasteiger partial charge >= 0.3 is 5.97 Å². The quantitative estimate of drug-likeness (QED) is 0.0322. The van der Waals surface area contributed by atoms with Crippen molar-refractivity contribution in [3.63, 3.8) is 0 Å². The standard InChI is InChI=1S/C56H103NO5/c1-4-7-10-13-16-19-21-23-25-27-29-31-33-36-39-42-45-48-54(59)53(51-58)57-55(60)50-52(47-44-41-38-35-18-15-12-9-6-3)62-56(61)49-46-43-40-37-34-32-30-28-26-24-22-20-17-14-11-8-5-2/h15,17-18,20,24,26,30,32,52-54,58-59H,4-14,16,19,21-23,25,27-29,31,33-51H2,1-3H3,(H,57,60)/b18-15-,20-17-,26-24-,32-30-. The Morgan fingerprint density at radius 3 is 1.35 bits per heavy atom. The number of aliphatic hydroxyl groups excluding tert-OH is 2. The zero-order chi connectivity index (χ0) is 45.2. The number of carbonyl (C=O) groups excluding carboxylic acids is 2. The van der Waals surface area contributed by atoms with Gasteiger partial charge in [-0.25, -0.2) is 0 Å². The van der Waals surface area contributed by atoms with Crippen LogP contribution in [0.25, 0.3) is 0 Å². The Labute approximate surface area is 385 Å². The van der Waals surface area contributed by atoms with E-state index in [1.807, 2.05) is 0 Å². The predicted molar refractivity (Wildman–Crippen MR) is 269 cm³/mol. The average Bonchev–Trinajstić information content (AvgIpc) is 3.26. The van der Waals surface area contributed by atoms with E-state index in [0.29, 0.717) is 19.3 Å². The van der Waals surface area contributed by atoms with Gasteiger partial charge in [-0.2, -0.15) is 0 Å². The predicted octanol–water partition coefficient (Wildman–Crippen LogP) is 16.2. The Bertz CT molecular complexity index is 1070. The Morgan fingerprint density at radius 2 is 0.839 bits per heavy atom. The molecule has 0 saturated carbocycles. The van der Waals surface area contributed by atoms with E-state index in [1.165, 1.54) is 128 Å². The second-order valence-electron chi connectivity index (χ2n) is 18.3. The fraction of sp³-hybridized carbons (Fsp3) is 0.821. The molecule has 62 heavy (non-hydrogen) atoms. The number of esters is 1. The molecule has 0 aromatic heterocycles. The Morgan fingerprint density at radius 1 is 0.468 bits per heavy atom. The van der Waals surface area contributed by atoms with Crippen LogP contribution in [0.4, 0.5) is 0 Å². The van der Waals surface area contributed by atoms with E-state index in [4.69, 9.17) is 4.74 Å². The molecule has 0 radical (unpaired) electrons. The molecule has 0 aromatic rings. The zero-order valence-corrected chi connectivity index (χ0v) is 41.3. The summed E-state index contributed by atoms with van der Waals surface area (Å²) in [5.74, 6) is -0.512. The molecule has 0 spiro atoms. The van der Waals surface area contributed by atoms with E-state index in [9.17, 15) is 19.8 Å². The molecule has 0 aromatic carbocycles. The van der Waals surface area contributed by atoms with Crippen molar-refractivity contribution < 1.29 is 24.5 Å². The molecular weight excluding hydrogens is 767 g/mol. The van der Waals surface area contributed by atoms with Crippen molar-refractivity contribution in [2.75, 3.05) is 6.61 Å². The highest BCUT2D eigenvalue weighted by molar-refractivity contribution is 5.77. The van der Waals surface area contributed by atoms with Gasteiger partial charge in [0.1, 0.15) is 6.10 Å². The lowest BCUT2D eigenvalue weighted by Gasteiger charge is -2.24. The number of carbonyl (C=O) groups is 2. The molecule has 3 atom stereocenters. The molecule has 0 heterocycles. The van der Waals surface area contributed by atoms with Crippen molar-refractivity contribution in [1.29, 1.82) is 0 Å². The summed E-state index contributed by atoms with van der Waals surface area (Å²) in [6, 6.07) is -0.710. The first-order chi connectivity index (χ1) is 30.5. The monoisotopic (exact) mass is 870 g/mol. The van der Waals surface area contributed by atoms with Crippen LogP contribution >= 0.6 is 0 Å². The van der Waals surface area contributed by atoms with Gasteiger partial charge in [-0.1, -0.05) is 223 Å². The van der Waals surface area contributed by atoms with Gasteiger partial charge in [0.25, 0.3) is 0 Å². The van der Waals surface area contributed by atoms with E-state index < -0.39 is 18.2 Å². The average molecular weight is 870 g/mol. The van der Waals surface area contributed by atoms with Gasteiger partial charge in [0, 0.05) is 6.42 Å². The number of amides is 1. The topological polar surface area (TPSA) is 95.9 Å². The molecule has 3 unspecified atom stereocenters. The molecule has 6 heteroatoms. The van der Waals surface area contributed by atoms with E-state index in [2.05, 4.69) is 74.7 Å². The molecule has 3 N–H and O–H groups in total. The lowest BCUT2D eigenvalue weighted by Crippen LogP contribution is -2.46. The fourth-order valence-corrected chi connectivity index (χ4v) is 8.01. The molecular formula is C56H103NO5. The molecule has 1 amide bonds. The van der Waals surface area contributed by atoms with Crippen molar-refractivity contribution in [3.8, 4) is 0 Å². The van der Waals surface area contributed by atoms with Crippen LogP contribution in [0.15, 0.2) is 48.6 Å². The highest BCUT2D eigenvalue weighted by atomic mass is 16.5. The Hall–Kier alpha value is -2.18. The first kappa shape index (κ1) is 59.8. The number of hydrogen-bond acceptors (Lipinski definition) is 5. The molecule has 0 fully saturated rings. The molecule has 0 aliphatic carbocycles. The van der Waals surface area contributed by atoms with Crippen LogP contribution in [0.5, 0.6) is 0 Å². The third kappa shape index (κ3) is 44.4. The largest absolute Gasteiger partial charge is 0.462 e. The van der Waals surface area contributed by atoms with Crippen molar-refractivity contribution >= 4 is 11.9 Å². The summed E-state index contributed by atoms with van der Waals surface area (Å²) in [6.07, 6.45) is 60.4. The van der Waals surface area contributed by atoms with Crippen LogP contribution in [-0.2, 0) is 14.3 Å². The van der Waals surface area contributed by atoms with Gasteiger partial charge in [-0.15, -0.1) is 0 Å². The minimum absolute atomic E-state index is 0.0578. The van der Waals surface area contributed by atoms with Crippen molar-refractivity contribution in [1.82, 2.24) is 5.32 Å². The summed E-state index contributed by atoms with van der Waals surface area (Å²) in [7, 11) is 0. The summed E-state index contributed by atoms with van der Waals surface area (Å²) in [5, 5.41) is 23.8. The summed E-state index contributed by atoms with van der Waals surface area (Å²) in [5.41, 5.74) is 0. The van der Waals surface area contributed by atoms with E-state index >= 15 is 0 Å². The van der Waals surface area contributed by atoms with Gasteiger partial charge in [0.05, 0.1) is 25.2 Å². The SMILES string of the molecule is CCCC/C=C\CCCCCC(CC(=O)NC(CO)C(O)CCCCCCCCCCCCCCCCCCC)OC(=O)CCCCCC/C=C\C/C=C\C/C=C\CCCCC. The minimum atomic E-state index is -0.795. The fourth-order valence-electron chi connectivity index (χ4n) is 8.01. The van der Waals surface area contributed by atoms with E-state index in [1.54, 1.807) is 0 Å². The van der Waals surface area contributed by atoms with E-state index in [-0.39, 0.29) is 24.9 Å². The van der Waals surface area contributed by atoms with Crippen molar-refractivity contribution in [2.45, 2.75) is 289 Å². The van der Waals surface area contributed by atoms with Gasteiger partial charge in [-0.05, 0) is 83.5 Å². The number of nitrogens with one attached hydrogen (secondary N) is 1. The van der Waals surface area contributed by atoms with Gasteiger partial charge in [-0.3, -0.25) is 9.59 Å². The Kier molecular flexibility index (Phi) is 48.1. The van der Waals surface area contributed by atoms with Gasteiger partial charge in [0.15, 0.2) is 0 Å². The smallest absolute Gasteiger partial charge is 0.306 e. The first-order valence-corrected chi connectivity index (χ1v) is 26.9. The van der Waals surface area contributed by atoms with Gasteiger partial charge in [0.2, 0.25) is 5.91 Å². The van der Waals surface area contributed by atoms with Crippen LogP contribution in [0.3, 0.4) is 0 Å². The van der Waals surface area contributed by atoms with E-state index in [0.717, 1.165) is 96.3 Å². The van der Waals surface area contributed by atoms with Crippen LogP contribution in [0.2, 0.25) is 0 Å². The maximum absolute atomic E-state index is 13.2. The molecule has 0 aliphatic rings. The van der Waals surface area contributed by atoms with Crippen LogP contribution in [0.1, 0.15) is 271 Å². The summed E-state index contributed by atoms with van der Waals surface area (Å²) in [4.78, 5) is 26.1. The number of allylic oxidation sites excluding steroid dienone is 8. The molecule has 362 valence electrons. The minimum Gasteiger partial charge on any atom is -0.462 e. The normalized spacial score (nSPS) is 13.6. The summed E-state index contributed by atoms with van der Waals surface area (Å²) in [6.45, 7) is 6.42. The maximum atomic E-state index is 13.2. The molecule has 0 rings (SSSR count). The third-order valence-electron chi connectivity index (χ3n) is 12.1. The lowest BCUT2D eigenvalue weighted by atomic mass is 10.0. The van der Waals surface area contributed by atoms with Crippen molar-refractivity contribution in [3.05, 3.63) is 48.6 Å². The maximum Gasteiger partial charge on any atom is 0.306 e. The molecule has 0 aliphatic heterocycles. The molecule has 0 bridgehead atoms. The summed E-state index contributed by atoms with van der Waals surface area (Å²) >= 11 is 0. The lowest BCUT2D eigenvalue weighted by molar-refractivity contribution is -0.151. The number of unbranched alkanes of at least 4 members (excludes halogenated alkanes) is 28.